The second kappa shape index (κ2) is 7.49. The number of carbonyl (C=O) groups is 1. The summed E-state index contributed by atoms with van der Waals surface area (Å²) in [5.74, 6) is 0.791. The topological polar surface area (TPSA) is 84.6 Å². The minimum absolute atomic E-state index is 0.0615. The van der Waals surface area contributed by atoms with Crippen molar-refractivity contribution in [2.24, 2.45) is 0 Å². The number of ether oxygens (including phenoxy) is 1. The van der Waals surface area contributed by atoms with Crippen LogP contribution < -0.4 is 10.1 Å². The summed E-state index contributed by atoms with van der Waals surface area (Å²) in [5, 5.41) is 16.7. The molecule has 0 saturated carbocycles. The molecule has 0 aliphatic rings. The highest BCUT2D eigenvalue weighted by atomic mass is 35.5. The largest absolute Gasteiger partial charge is 0.506 e. The Bertz CT molecular complexity index is 933. The number of phenolic OH excluding ortho intramolecular Hbond substituents is 1. The molecule has 3 rings (SSSR count). The van der Waals surface area contributed by atoms with Crippen molar-refractivity contribution in [3.63, 3.8) is 0 Å². The van der Waals surface area contributed by atoms with Crippen molar-refractivity contribution in [2.45, 2.75) is 20.5 Å². The average Bonchev–Trinajstić information content (AvgIpc) is 2.94. The average molecular weight is 373 g/mol. The zero-order chi connectivity index (χ0) is 18.7. The number of hydrogen-bond donors (Lipinski definition) is 2. The van der Waals surface area contributed by atoms with Crippen LogP contribution in [0.25, 0.3) is 0 Å². The smallest absolute Gasteiger partial charge is 0.255 e. The van der Waals surface area contributed by atoms with Crippen LogP contribution in [0.15, 0.2) is 47.0 Å². The van der Waals surface area contributed by atoms with Crippen molar-refractivity contribution in [2.75, 3.05) is 5.32 Å². The summed E-state index contributed by atoms with van der Waals surface area (Å²) < 4.78 is 10.8. The molecule has 1 heterocycles. The van der Waals surface area contributed by atoms with E-state index in [4.69, 9.17) is 20.9 Å². The van der Waals surface area contributed by atoms with Gasteiger partial charge in [0.15, 0.2) is 0 Å². The standard InChI is InChI=1S/C19H17ClN2O4/c1-11-16(12(2)26-22-11)10-25-15-5-3-4-13(8-15)19(24)21-17-9-14(20)6-7-18(17)23/h3-9,23H,10H2,1-2H3,(H,21,24). The number of amides is 1. The van der Waals surface area contributed by atoms with Crippen LogP contribution in [0.2, 0.25) is 5.02 Å². The van der Waals surface area contributed by atoms with Gasteiger partial charge in [0, 0.05) is 10.6 Å². The summed E-state index contributed by atoms with van der Waals surface area (Å²) in [6.07, 6.45) is 0. The molecule has 2 N–H and O–H groups in total. The number of rotatable bonds is 5. The Labute approximate surface area is 155 Å². The van der Waals surface area contributed by atoms with Crippen LogP contribution in [0.3, 0.4) is 0 Å². The highest BCUT2D eigenvalue weighted by Crippen LogP contribution is 2.27. The minimum Gasteiger partial charge on any atom is -0.506 e. The van der Waals surface area contributed by atoms with E-state index in [2.05, 4.69) is 10.5 Å². The molecule has 3 aromatic rings. The van der Waals surface area contributed by atoms with Gasteiger partial charge in [-0.05, 0) is 50.2 Å². The maximum Gasteiger partial charge on any atom is 0.255 e. The normalized spacial score (nSPS) is 10.6. The van der Waals surface area contributed by atoms with Crippen molar-refractivity contribution >= 4 is 23.2 Å². The van der Waals surface area contributed by atoms with Gasteiger partial charge in [0.25, 0.3) is 5.91 Å². The number of benzene rings is 2. The van der Waals surface area contributed by atoms with E-state index < -0.39 is 0 Å². The zero-order valence-corrected chi connectivity index (χ0v) is 15.0. The predicted molar refractivity (Wildman–Crippen MR) is 97.8 cm³/mol. The Morgan fingerprint density at radius 3 is 2.81 bits per heavy atom. The number of aromatic nitrogens is 1. The molecule has 1 aromatic heterocycles. The summed E-state index contributed by atoms with van der Waals surface area (Å²) in [4.78, 5) is 12.4. The molecule has 0 aliphatic heterocycles. The maximum atomic E-state index is 12.4. The van der Waals surface area contributed by atoms with Crippen molar-refractivity contribution in [3.8, 4) is 11.5 Å². The number of halogens is 1. The van der Waals surface area contributed by atoms with Gasteiger partial charge in [0.1, 0.15) is 23.9 Å². The number of aryl methyl sites for hydroxylation is 2. The molecule has 7 heteroatoms. The second-order valence-corrected chi connectivity index (χ2v) is 6.17. The Morgan fingerprint density at radius 2 is 2.08 bits per heavy atom. The van der Waals surface area contributed by atoms with Gasteiger partial charge in [0.05, 0.1) is 16.9 Å². The van der Waals surface area contributed by atoms with Crippen LogP contribution in [0.1, 0.15) is 27.4 Å². The van der Waals surface area contributed by atoms with E-state index in [1.807, 2.05) is 13.8 Å². The predicted octanol–water partition coefficient (Wildman–Crippen LogP) is 4.48. The molecule has 2 aromatic carbocycles. The van der Waals surface area contributed by atoms with Gasteiger partial charge in [-0.3, -0.25) is 4.79 Å². The lowest BCUT2D eigenvalue weighted by molar-refractivity contribution is 0.102. The van der Waals surface area contributed by atoms with E-state index in [9.17, 15) is 9.90 Å². The van der Waals surface area contributed by atoms with Gasteiger partial charge >= 0.3 is 0 Å². The number of aromatic hydroxyl groups is 1. The van der Waals surface area contributed by atoms with Crippen LogP contribution in [0.5, 0.6) is 11.5 Å². The molecule has 0 unspecified atom stereocenters. The van der Waals surface area contributed by atoms with E-state index >= 15 is 0 Å². The number of nitrogens with zero attached hydrogens (tertiary/aromatic N) is 1. The van der Waals surface area contributed by atoms with Gasteiger partial charge in [-0.15, -0.1) is 0 Å². The molecule has 0 aliphatic carbocycles. The third-order valence-electron chi connectivity index (χ3n) is 3.87. The molecule has 26 heavy (non-hydrogen) atoms. The first-order chi connectivity index (χ1) is 12.4. The molecular weight excluding hydrogens is 356 g/mol. The molecule has 0 atom stereocenters. The lowest BCUT2D eigenvalue weighted by Crippen LogP contribution is -2.12. The van der Waals surface area contributed by atoms with Crippen LogP contribution in [0.4, 0.5) is 5.69 Å². The summed E-state index contributed by atoms with van der Waals surface area (Å²) in [7, 11) is 0. The van der Waals surface area contributed by atoms with Gasteiger partial charge in [0.2, 0.25) is 0 Å². The Hall–Kier alpha value is -2.99. The van der Waals surface area contributed by atoms with Gasteiger partial charge in [-0.25, -0.2) is 0 Å². The molecule has 6 nitrogen and oxygen atoms in total. The van der Waals surface area contributed by atoms with Gasteiger partial charge in [-0.2, -0.15) is 0 Å². The summed E-state index contributed by atoms with van der Waals surface area (Å²) in [6, 6.07) is 11.2. The fraction of sp³-hybridized carbons (Fsp3) is 0.158. The quantitative estimate of drug-likeness (QED) is 0.645. The first-order valence-corrected chi connectivity index (χ1v) is 8.26. The lowest BCUT2D eigenvalue weighted by atomic mass is 10.2. The fourth-order valence-corrected chi connectivity index (χ4v) is 2.57. The van der Waals surface area contributed by atoms with Crippen LogP contribution in [0, 0.1) is 13.8 Å². The van der Waals surface area contributed by atoms with Crippen molar-refractivity contribution < 1.29 is 19.2 Å². The molecule has 1 amide bonds. The maximum absolute atomic E-state index is 12.4. The third kappa shape index (κ3) is 3.97. The fourth-order valence-electron chi connectivity index (χ4n) is 2.39. The summed E-state index contributed by atoms with van der Waals surface area (Å²) in [5.41, 5.74) is 2.28. The van der Waals surface area contributed by atoms with E-state index in [1.54, 1.807) is 24.3 Å². The molecule has 0 radical (unpaired) electrons. The third-order valence-corrected chi connectivity index (χ3v) is 4.10. The first-order valence-electron chi connectivity index (χ1n) is 7.88. The Balaban J connectivity index is 1.72. The number of phenols is 1. The SMILES string of the molecule is Cc1noc(C)c1COc1cccc(C(=O)Nc2cc(Cl)ccc2O)c1. The summed E-state index contributed by atoms with van der Waals surface area (Å²) in [6.45, 7) is 3.96. The number of nitrogens with one attached hydrogen (secondary N) is 1. The van der Waals surface area contributed by atoms with Crippen LogP contribution in [-0.2, 0) is 6.61 Å². The van der Waals surface area contributed by atoms with Crippen molar-refractivity contribution in [1.82, 2.24) is 5.16 Å². The molecule has 0 spiro atoms. The van der Waals surface area contributed by atoms with Gasteiger partial charge in [-0.1, -0.05) is 22.8 Å². The molecule has 0 bridgehead atoms. The number of carbonyl (C=O) groups excluding carboxylic acids is 1. The lowest BCUT2D eigenvalue weighted by Gasteiger charge is -2.10. The molecule has 0 fully saturated rings. The molecule has 134 valence electrons. The van der Waals surface area contributed by atoms with Crippen molar-refractivity contribution in [3.05, 3.63) is 70.1 Å². The second-order valence-electron chi connectivity index (χ2n) is 5.73. The summed E-state index contributed by atoms with van der Waals surface area (Å²) >= 11 is 5.89. The molecule has 0 saturated heterocycles. The Morgan fingerprint density at radius 1 is 1.27 bits per heavy atom. The highest BCUT2D eigenvalue weighted by Gasteiger charge is 2.12. The van der Waals surface area contributed by atoms with Crippen LogP contribution in [-0.4, -0.2) is 16.2 Å². The number of anilines is 1. The number of hydrogen-bond acceptors (Lipinski definition) is 5. The van der Waals surface area contributed by atoms with Crippen LogP contribution >= 0.6 is 11.6 Å². The van der Waals surface area contributed by atoms with E-state index in [0.29, 0.717) is 28.7 Å². The van der Waals surface area contributed by atoms with E-state index in [1.165, 1.54) is 18.2 Å². The Kier molecular flexibility index (Phi) is 5.14. The minimum atomic E-state index is -0.384. The van der Waals surface area contributed by atoms with E-state index in [-0.39, 0.29) is 17.3 Å². The highest BCUT2D eigenvalue weighted by molar-refractivity contribution is 6.31. The first kappa shape index (κ1) is 17.8. The van der Waals surface area contributed by atoms with E-state index in [0.717, 1.165) is 11.3 Å². The van der Waals surface area contributed by atoms with Gasteiger partial charge < -0.3 is 19.7 Å². The monoisotopic (exact) mass is 372 g/mol. The van der Waals surface area contributed by atoms with Crippen molar-refractivity contribution in [1.29, 1.82) is 0 Å². The molecular formula is C19H17ClN2O4. The zero-order valence-electron chi connectivity index (χ0n) is 14.2.